The van der Waals surface area contributed by atoms with Crippen molar-refractivity contribution in [1.82, 2.24) is 19.9 Å². The van der Waals surface area contributed by atoms with E-state index in [4.69, 9.17) is 0 Å². The molecule has 0 fully saturated rings. The second kappa shape index (κ2) is 8.80. The predicted molar refractivity (Wildman–Crippen MR) is 123 cm³/mol. The van der Waals surface area contributed by atoms with Gasteiger partial charge in [0.2, 0.25) is 0 Å². The molecule has 3 heterocycles. The van der Waals surface area contributed by atoms with Crippen molar-refractivity contribution in [2.75, 3.05) is 0 Å². The first kappa shape index (κ1) is 22.7. The summed E-state index contributed by atoms with van der Waals surface area (Å²) in [5.41, 5.74) is 3.68. The minimum absolute atomic E-state index is 0.214. The number of nitrogens with zero attached hydrogens (tertiary/aromatic N) is 3. The standard InChI is InChI=1S/C26H27FN4O2/c1-16-5-7-19(8-6-16)23(24-22-13-20(27)14-31(22)15-28-24)30-25(32)21-12-18(11-17(2)29-21)9-10-26(3,4)33/h5-8,11-12,15,20,23,33H,13-14H2,1-4H3,(H,30,32)/t20-,23?/m1/s1. The number of fused-ring (bicyclic) bond motifs is 1. The zero-order valence-electron chi connectivity index (χ0n) is 19.2. The lowest BCUT2D eigenvalue weighted by Crippen LogP contribution is -2.31. The number of hydrogen-bond acceptors (Lipinski definition) is 4. The van der Waals surface area contributed by atoms with Gasteiger partial charge in [-0.25, -0.2) is 14.4 Å². The Morgan fingerprint density at radius 2 is 2.00 bits per heavy atom. The number of aliphatic hydroxyl groups is 1. The Kier molecular flexibility index (Phi) is 6.05. The second-order valence-electron chi connectivity index (χ2n) is 9.04. The number of benzene rings is 1. The van der Waals surface area contributed by atoms with Crippen LogP contribution >= 0.6 is 0 Å². The number of aromatic nitrogens is 3. The molecule has 0 bridgehead atoms. The van der Waals surface area contributed by atoms with Crippen LogP contribution in [0, 0.1) is 25.7 Å². The molecule has 2 N–H and O–H groups in total. The van der Waals surface area contributed by atoms with Crippen LogP contribution in [0.2, 0.25) is 0 Å². The molecule has 6 nitrogen and oxygen atoms in total. The summed E-state index contributed by atoms with van der Waals surface area (Å²) in [5, 5.41) is 12.9. The molecule has 0 saturated carbocycles. The number of rotatable bonds is 4. The number of amides is 1. The molecule has 0 aliphatic carbocycles. The predicted octanol–water partition coefficient (Wildman–Crippen LogP) is 3.43. The molecule has 1 aromatic carbocycles. The molecule has 2 atom stereocenters. The first-order valence-electron chi connectivity index (χ1n) is 10.9. The van der Waals surface area contributed by atoms with Crippen molar-refractivity contribution < 1.29 is 14.3 Å². The van der Waals surface area contributed by atoms with Crippen molar-refractivity contribution >= 4 is 5.91 Å². The second-order valence-corrected chi connectivity index (χ2v) is 9.04. The van der Waals surface area contributed by atoms with Crippen molar-refractivity contribution in [2.24, 2.45) is 0 Å². The summed E-state index contributed by atoms with van der Waals surface area (Å²) in [6.45, 7) is 7.25. The molecule has 0 saturated heterocycles. The lowest BCUT2D eigenvalue weighted by molar-refractivity contribution is 0.0937. The Labute approximate surface area is 192 Å². The summed E-state index contributed by atoms with van der Waals surface area (Å²) < 4.78 is 15.9. The summed E-state index contributed by atoms with van der Waals surface area (Å²) in [7, 11) is 0. The van der Waals surface area contributed by atoms with Crippen LogP contribution in [0.1, 0.15) is 64.1 Å². The Bertz CT molecular complexity index is 1250. The van der Waals surface area contributed by atoms with Gasteiger partial charge in [0.25, 0.3) is 5.91 Å². The Hall–Kier alpha value is -3.50. The van der Waals surface area contributed by atoms with E-state index in [0.29, 0.717) is 17.0 Å². The third kappa shape index (κ3) is 5.29. The lowest BCUT2D eigenvalue weighted by Gasteiger charge is -2.19. The summed E-state index contributed by atoms with van der Waals surface area (Å²) >= 11 is 0. The van der Waals surface area contributed by atoms with E-state index >= 15 is 0 Å². The van der Waals surface area contributed by atoms with Gasteiger partial charge < -0.3 is 15.0 Å². The average Bonchev–Trinajstić information content (AvgIpc) is 3.29. The van der Waals surface area contributed by atoms with Gasteiger partial charge in [0.15, 0.2) is 0 Å². The van der Waals surface area contributed by atoms with E-state index in [1.165, 1.54) is 0 Å². The van der Waals surface area contributed by atoms with Gasteiger partial charge in [0.1, 0.15) is 17.5 Å². The highest BCUT2D eigenvalue weighted by molar-refractivity contribution is 5.93. The fourth-order valence-corrected chi connectivity index (χ4v) is 3.89. The molecule has 1 amide bonds. The van der Waals surface area contributed by atoms with Gasteiger partial charge in [0, 0.05) is 23.4 Å². The van der Waals surface area contributed by atoms with Gasteiger partial charge in [-0.05, 0) is 45.4 Å². The number of hydrogen-bond donors (Lipinski definition) is 2. The molecule has 7 heteroatoms. The van der Waals surface area contributed by atoms with Gasteiger partial charge in [-0.2, -0.15) is 0 Å². The first-order valence-corrected chi connectivity index (χ1v) is 10.9. The molecule has 33 heavy (non-hydrogen) atoms. The number of pyridine rings is 1. The van der Waals surface area contributed by atoms with Crippen LogP contribution in [0.5, 0.6) is 0 Å². The molecule has 2 aromatic heterocycles. The molecule has 0 spiro atoms. The van der Waals surface area contributed by atoms with E-state index in [2.05, 4.69) is 27.1 Å². The molecular formula is C26H27FN4O2. The number of carbonyl (C=O) groups is 1. The van der Waals surface area contributed by atoms with Crippen LogP contribution in [-0.2, 0) is 13.0 Å². The van der Waals surface area contributed by atoms with Crippen LogP contribution in [0.4, 0.5) is 4.39 Å². The van der Waals surface area contributed by atoms with Gasteiger partial charge >= 0.3 is 0 Å². The van der Waals surface area contributed by atoms with Gasteiger partial charge in [0.05, 0.1) is 24.6 Å². The number of carbonyl (C=O) groups excluding carboxylic acids is 1. The van der Waals surface area contributed by atoms with Crippen molar-refractivity contribution in [2.45, 2.75) is 58.5 Å². The average molecular weight is 447 g/mol. The molecule has 0 radical (unpaired) electrons. The third-order valence-electron chi connectivity index (χ3n) is 5.45. The van der Waals surface area contributed by atoms with Gasteiger partial charge in [-0.1, -0.05) is 41.7 Å². The molecule has 4 rings (SSSR count). The van der Waals surface area contributed by atoms with E-state index in [0.717, 1.165) is 16.8 Å². The van der Waals surface area contributed by atoms with Crippen LogP contribution in [0.25, 0.3) is 0 Å². The highest BCUT2D eigenvalue weighted by Crippen LogP contribution is 2.29. The third-order valence-corrected chi connectivity index (χ3v) is 5.45. The molecule has 1 aliphatic rings. The SMILES string of the molecule is Cc1ccc(C(NC(=O)c2cc(C#CC(C)(C)O)cc(C)n2)c2ncn3c2C[C@@H](F)C3)cc1. The maximum atomic E-state index is 14.0. The fourth-order valence-electron chi connectivity index (χ4n) is 3.89. The van der Waals surface area contributed by atoms with Gasteiger partial charge in [-0.15, -0.1) is 0 Å². The Morgan fingerprint density at radius 3 is 2.70 bits per heavy atom. The summed E-state index contributed by atoms with van der Waals surface area (Å²) in [6, 6.07) is 10.6. The first-order chi connectivity index (χ1) is 15.6. The topological polar surface area (TPSA) is 80.0 Å². The normalized spacial score (nSPS) is 16.0. The van der Waals surface area contributed by atoms with Crippen LogP contribution in [-0.4, -0.2) is 37.3 Å². The van der Waals surface area contributed by atoms with Crippen molar-refractivity contribution in [3.05, 3.63) is 82.2 Å². The van der Waals surface area contributed by atoms with Crippen LogP contribution < -0.4 is 5.32 Å². The minimum Gasteiger partial charge on any atom is -0.378 e. The maximum absolute atomic E-state index is 14.0. The van der Waals surface area contributed by atoms with Crippen molar-refractivity contribution in [3.63, 3.8) is 0 Å². The highest BCUT2D eigenvalue weighted by Gasteiger charge is 2.30. The number of imidazole rings is 1. The molecule has 1 aliphatic heterocycles. The van der Waals surface area contributed by atoms with E-state index in [1.54, 1.807) is 39.2 Å². The van der Waals surface area contributed by atoms with Crippen LogP contribution in [0.15, 0.2) is 42.7 Å². The van der Waals surface area contributed by atoms with Gasteiger partial charge in [-0.3, -0.25) is 4.79 Å². The lowest BCUT2D eigenvalue weighted by atomic mass is 9.99. The van der Waals surface area contributed by atoms with E-state index in [-0.39, 0.29) is 24.6 Å². The molecular weight excluding hydrogens is 419 g/mol. The number of aryl methyl sites for hydroxylation is 2. The van der Waals surface area contributed by atoms with E-state index in [1.807, 2.05) is 35.8 Å². The summed E-state index contributed by atoms with van der Waals surface area (Å²) in [4.78, 5) is 22.2. The summed E-state index contributed by atoms with van der Waals surface area (Å²) in [6.07, 6.45) is 0.950. The molecule has 3 aromatic rings. The highest BCUT2D eigenvalue weighted by atomic mass is 19.1. The van der Waals surface area contributed by atoms with Crippen molar-refractivity contribution in [3.8, 4) is 11.8 Å². The zero-order chi connectivity index (χ0) is 23.8. The maximum Gasteiger partial charge on any atom is 0.270 e. The number of halogens is 1. The molecule has 170 valence electrons. The zero-order valence-corrected chi connectivity index (χ0v) is 19.2. The molecule has 1 unspecified atom stereocenters. The minimum atomic E-state index is -1.15. The summed E-state index contributed by atoms with van der Waals surface area (Å²) in [5.74, 6) is 5.27. The number of nitrogens with one attached hydrogen (secondary N) is 1. The number of alkyl halides is 1. The Morgan fingerprint density at radius 1 is 1.27 bits per heavy atom. The fraction of sp³-hybridized carbons (Fsp3) is 0.346. The quantitative estimate of drug-likeness (QED) is 0.602. The monoisotopic (exact) mass is 446 g/mol. The Balaban J connectivity index is 1.69. The van der Waals surface area contributed by atoms with E-state index in [9.17, 15) is 14.3 Å². The van der Waals surface area contributed by atoms with Crippen LogP contribution in [0.3, 0.4) is 0 Å². The smallest absolute Gasteiger partial charge is 0.270 e. The van der Waals surface area contributed by atoms with Crippen molar-refractivity contribution in [1.29, 1.82) is 0 Å². The largest absolute Gasteiger partial charge is 0.378 e. The van der Waals surface area contributed by atoms with E-state index < -0.39 is 17.8 Å².